The van der Waals surface area contributed by atoms with E-state index in [0.29, 0.717) is 17.7 Å². The van der Waals surface area contributed by atoms with Crippen molar-refractivity contribution in [3.05, 3.63) is 41.7 Å². The highest BCUT2D eigenvalue weighted by atomic mass is 16.1. The van der Waals surface area contributed by atoms with E-state index in [1.54, 1.807) is 6.20 Å². The molecular formula is C18H17N3O. The number of nitrogens with zero attached hydrogens (tertiary/aromatic N) is 1. The fourth-order valence-corrected chi connectivity index (χ4v) is 3.61. The number of nitrogens with one attached hydrogen (secondary N) is 2. The van der Waals surface area contributed by atoms with Gasteiger partial charge in [-0.15, -0.1) is 6.42 Å². The van der Waals surface area contributed by atoms with Crippen LogP contribution in [0.2, 0.25) is 0 Å². The van der Waals surface area contributed by atoms with Gasteiger partial charge in [-0.25, -0.2) is 0 Å². The van der Waals surface area contributed by atoms with E-state index < -0.39 is 0 Å². The zero-order valence-electron chi connectivity index (χ0n) is 12.2. The fraction of sp³-hybridized carbons (Fsp3) is 0.333. The monoisotopic (exact) mass is 291 g/mol. The number of piperidine rings is 1. The minimum atomic E-state index is -0.104. The molecule has 3 atom stereocenters. The molecule has 1 aromatic carbocycles. The van der Waals surface area contributed by atoms with Crippen molar-refractivity contribution in [1.29, 1.82) is 0 Å². The van der Waals surface area contributed by atoms with Gasteiger partial charge in [-0.3, -0.25) is 9.78 Å². The molecule has 4 nitrogen and oxygen atoms in total. The van der Waals surface area contributed by atoms with Crippen LogP contribution in [0.15, 0.2) is 30.5 Å². The summed E-state index contributed by atoms with van der Waals surface area (Å²) in [4.78, 5) is 16.7. The average Bonchev–Trinajstić information content (AvgIpc) is 3.16. The van der Waals surface area contributed by atoms with Gasteiger partial charge < -0.3 is 10.6 Å². The second-order valence-corrected chi connectivity index (χ2v) is 6.21. The molecule has 2 aliphatic rings. The molecule has 3 unspecified atom stereocenters. The summed E-state index contributed by atoms with van der Waals surface area (Å²) in [5.74, 6) is 3.22. The molecule has 2 bridgehead atoms. The molecule has 1 amide bonds. The van der Waals surface area contributed by atoms with Gasteiger partial charge >= 0.3 is 0 Å². The SMILES string of the molecule is C#Cc1ccc2cnc(C(=O)NC3CC4CNC3C4)cc2c1. The van der Waals surface area contributed by atoms with Crippen molar-refractivity contribution in [3.8, 4) is 12.3 Å². The van der Waals surface area contributed by atoms with Crippen molar-refractivity contribution in [2.24, 2.45) is 5.92 Å². The number of aromatic nitrogens is 1. The summed E-state index contributed by atoms with van der Waals surface area (Å²) in [6, 6.07) is 8.17. The molecule has 4 heteroatoms. The summed E-state index contributed by atoms with van der Waals surface area (Å²) in [5.41, 5.74) is 1.26. The third kappa shape index (κ3) is 2.24. The molecule has 1 saturated heterocycles. The van der Waals surface area contributed by atoms with Crippen LogP contribution in [-0.4, -0.2) is 29.5 Å². The molecule has 2 fully saturated rings. The second kappa shape index (κ2) is 5.11. The third-order valence-corrected chi connectivity index (χ3v) is 4.77. The Kier molecular flexibility index (Phi) is 3.09. The number of rotatable bonds is 2. The van der Waals surface area contributed by atoms with Gasteiger partial charge in [-0.05, 0) is 48.9 Å². The fourth-order valence-electron chi connectivity index (χ4n) is 3.61. The minimum Gasteiger partial charge on any atom is -0.346 e. The van der Waals surface area contributed by atoms with Crippen molar-refractivity contribution in [1.82, 2.24) is 15.6 Å². The Morgan fingerprint density at radius 2 is 2.23 bits per heavy atom. The molecule has 2 heterocycles. The first-order valence-corrected chi connectivity index (χ1v) is 7.63. The average molecular weight is 291 g/mol. The van der Waals surface area contributed by atoms with E-state index in [1.807, 2.05) is 24.3 Å². The van der Waals surface area contributed by atoms with Gasteiger partial charge in [0.25, 0.3) is 5.91 Å². The van der Waals surface area contributed by atoms with E-state index in [-0.39, 0.29) is 11.9 Å². The van der Waals surface area contributed by atoms with Crippen LogP contribution in [0.5, 0.6) is 0 Å². The van der Waals surface area contributed by atoms with E-state index in [9.17, 15) is 4.79 Å². The Morgan fingerprint density at radius 1 is 1.32 bits per heavy atom. The molecular weight excluding hydrogens is 274 g/mol. The molecule has 2 N–H and O–H groups in total. The van der Waals surface area contributed by atoms with Crippen LogP contribution >= 0.6 is 0 Å². The highest BCUT2D eigenvalue weighted by molar-refractivity contribution is 5.96. The van der Waals surface area contributed by atoms with Crippen LogP contribution in [0.4, 0.5) is 0 Å². The van der Waals surface area contributed by atoms with Gasteiger partial charge in [-0.2, -0.15) is 0 Å². The van der Waals surface area contributed by atoms with E-state index in [1.165, 1.54) is 6.42 Å². The van der Waals surface area contributed by atoms with E-state index in [0.717, 1.165) is 29.3 Å². The van der Waals surface area contributed by atoms with Crippen molar-refractivity contribution >= 4 is 16.7 Å². The summed E-state index contributed by atoms with van der Waals surface area (Å²) in [7, 11) is 0. The summed E-state index contributed by atoms with van der Waals surface area (Å²) >= 11 is 0. The van der Waals surface area contributed by atoms with Gasteiger partial charge in [0, 0.05) is 29.2 Å². The smallest absolute Gasteiger partial charge is 0.270 e. The number of hydrogen-bond acceptors (Lipinski definition) is 3. The Bertz CT molecular complexity index is 793. The van der Waals surface area contributed by atoms with Crippen molar-refractivity contribution in [3.63, 3.8) is 0 Å². The summed E-state index contributed by atoms with van der Waals surface area (Å²) < 4.78 is 0. The topological polar surface area (TPSA) is 54.0 Å². The lowest BCUT2D eigenvalue weighted by atomic mass is 10.1. The van der Waals surface area contributed by atoms with E-state index >= 15 is 0 Å². The summed E-state index contributed by atoms with van der Waals surface area (Å²) in [6.45, 7) is 1.08. The lowest BCUT2D eigenvalue weighted by molar-refractivity contribution is 0.0923. The van der Waals surface area contributed by atoms with Gasteiger partial charge in [0.15, 0.2) is 0 Å². The largest absolute Gasteiger partial charge is 0.346 e. The number of carbonyl (C=O) groups is 1. The number of pyridine rings is 1. The quantitative estimate of drug-likeness (QED) is 0.828. The first-order valence-electron chi connectivity index (χ1n) is 7.63. The first kappa shape index (κ1) is 13.3. The van der Waals surface area contributed by atoms with Gasteiger partial charge in [0.2, 0.25) is 0 Å². The molecule has 110 valence electrons. The summed E-state index contributed by atoms with van der Waals surface area (Å²) in [6.07, 6.45) is 9.39. The Balaban J connectivity index is 1.57. The Labute approximate surface area is 129 Å². The second-order valence-electron chi connectivity index (χ2n) is 6.21. The zero-order chi connectivity index (χ0) is 15.1. The molecule has 1 aromatic heterocycles. The molecule has 2 aromatic rings. The van der Waals surface area contributed by atoms with E-state index in [2.05, 4.69) is 21.5 Å². The van der Waals surface area contributed by atoms with Crippen molar-refractivity contribution < 1.29 is 4.79 Å². The number of carbonyl (C=O) groups excluding carboxylic acids is 1. The minimum absolute atomic E-state index is 0.104. The molecule has 1 saturated carbocycles. The number of benzene rings is 1. The maximum Gasteiger partial charge on any atom is 0.270 e. The van der Waals surface area contributed by atoms with Crippen molar-refractivity contribution in [2.75, 3.05) is 6.54 Å². The molecule has 22 heavy (non-hydrogen) atoms. The molecule has 1 aliphatic carbocycles. The maximum atomic E-state index is 12.4. The molecule has 0 spiro atoms. The summed E-state index contributed by atoms with van der Waals surface area (Å²) in [5, 5.41) is 8.50. The lowest BCUT2D eigenvalue weighted by Gasteiger charge is -2.23. The predicted octanol–water partition coefficient (Wildman–Crippen LogP) is 1.70. The highest BCUT2D eigenvalue weighted by Gasteiger charge is 2.40. The lowest BCUT2D eigenvalue weighted by Crippen LogP contribution is -2.48. The Hall–Kier alpha value is -2.38. The maximum absolute atomic E-state index is 12.4. The van der Waals surface area contributed by atoms with Crippen LogP contribution in [0.3, 0.4) is 0 Å². The molecule has 0 radical (unpaired) electrons. The highest BCUT2D eigenvalue weighted by Crippen LogP contribution is 2.31. The van der Waals surface area contributed by atoms with Gasteiger partial charge in [-0.1, -0.05) is 12.0 Å². The van der Waals surface area contributed by atoms with Gasteiger partial charge in [0.05, 0.1) is 0 Å². The zero-order valence-corrected chi connectivity index (χ0v) is 12.2. The Morgan fingerprint density at radius 3 is 2.95 bits per heavy atom. The standard InChI is InChI=1S/C18H17N3O/c1-2-11-3-4-13-10-20-17(8-14(13)5-11)18(22)21-16-7-12-6-15(16)19-9-12/h1,3-5,8,10,12,15-16,19H,6-7,9H2,(H,21,22). The van der Waals surface area contributed by atoms with Crippen LogP contribution in [-0.2, 0) is 0 Å². The van der Waals surface area contributed by atoms with Gasteiger partial charge in [0.1, 0.15) is 5.69 Å². The van der Waals surface area contributed by atoms with Crippen LogP contribution in [0.25, 0.3) is 10.8 Å². The third-order valence-electron chi connectivity index (χ3n) is 4.77. The molecule has 1 aliphatic heterocycles. The number of amides is 1. The predicted molar refractivity (Wildman–Crippen MR) is 85.4 cm³/mol. The van der Waals surface area contributed by atoms with Crippen LogP contribution in [0, 0.1) is 18.3 Å². The van der Waals surface area contributed by atoms with E-state index in [4.69, 9.17) is 6.42 Å². The number of terminal acetylenes is 1. The number of fused-ring (bicyclic) bond motifs is 3. The number of hydrogen-bond donors (Lipinski definition) is 2. The molecule has 4 rings (SSSR count). The first-order chi connectivity index (χ1) is 10.7. The van der Waals surface area contributed by atoms with Crippen LogP contribution in [0.1, 0.15) is 28.9 Å². The van der Waals surface area contributed by atoms with Crippen molar-refractivity contribution in [2.45, 2.75) is 24.9 Å². The van der Waals surface area contributed by atoms with Crippen LogP contribution < -0.4 is 10.6 Å². The normalized spacial score (nSPS) is 26.0.